The highest BCUT2D eigenvalue weighted by atomic mass is 32.2. The summed E-state index contributed by atoms with van der Waals surface area (Å²) in [5, 5.41) is 0.0973. The van der Waals surface area contributed by atoms with Gasteiger partial charge in [-0.3, -0.25) is 4.79 Å². The molecule has 140 valence electrons. The minimum Gasteiger partial charge on any atom is -0.341 e. The van der Waals surface area contributed by atoms with Gasteiger partial charge in [0.25, 0.3) is 10.0 Å². The lowest BCUT2D eigenvalue weighted by molar-refractivity contribution is -0.131. The maximum Gasteiger partial charge on any atom is 0.260 e. The Balaban J connectivity index is 1.51. The van der Waals surface area contributed by atoms with Crippen molar-refractivity contribution in [3.63, 3.8) is 0 Å². The second-order valence-electron chi connectivity index (χ2n) is 6.39. The fourth-order valence-corrected chi connectivity index (χ4v) is 4.52. The quantitative estimate of drug-likeness (QED) is 0.831. The molecular weight excluding hydrogens is 352 g/mol. The van der Waals surface area contributed by atoms with Gasteiger partial charge in [0.1, 0.15) is 0 Å². The Kier molecular flexibility index (Phi) is 6.05. The van der Waals surface area contributed by atoms with E-state index in [1.807, 2.05) is 18.2 Å². The lowest BCUT2D eigenvalue weighted by Crippen LogP contribution is -2.37. The third-order valence-corrected chi connectivity index (χ3v) is 6.42. The van der Waals surface area contributed by atoms with Gasteiger partial charge in [0, 0.05) is 32.6 Å². The summed E-state index contributed by atoms with van der Waals surface area (Å²) in [5.41, 5.74) is 1.23. The summed E-state index contributed by atoms with van der Waals surface area (Å²) in [7, 11) is -3.57. The molecular formula is C18H24N4O3S. The average Bonchev–Trinajstić information content (AvgIpc) is 3.07. The van der Waals surface area contributed by atoms with Crippen LogP contribution in [-0.4, -0.2) is 59.7 Å². The van der Waals surface area contributed by atoms with E-state index in [1.54, 1.807) is 4.90 Å². The van der Waals surface area contributed by atoms with Crippen molar-refractivity contribution in [2.24, 2.45) is 0 Å². The monoisotopic (exact) mass is 376 g/mol. The topological polar surface area (TPSA) is 86.4 Å². The van der Waals surface area contributed by atoms with Crippen molar-refractivity contribution < 1.29 is 13.2 Å². The molecule has 7 nitrogen and oxygen atoms in total. The van der Waals surface area contributed by atoms with Crippen LogP contribution in [0.4, 0.5) is 0 Å². The van der Waals surface area contributed by atoms with E-state index in [4.69, 9.17) is 0 Å². The van der Waals surface area contributed by atoms with Gasteiger partial charge in [-0.25, -0.2) is 13.4 Å². The summed E-state index contributed by atoms with van der Waals surface area (Å²) in [6.07, 6.45) is 5.47. The first-order valence-corrected chi connectivity index (χ1v) is 10.3. The summed E-state index contributed by atoms with van der Waals surface area (Å²) in [6, 6.07) is 10.1. The van der Waals surface area contributed by atoms with Gasteiger partial charge in [0.2, 0.25) is 5.91 Å². The minimum atomic E-state index is -3.57. The van der Waals surface area contributed by atoms with E-state index in [9.17, 15) is 13.2 Å². The molecule has 1 saturated heterocycles. The Morgan fingerprint density at radius 2 is 1.92 bits per heavy atom. The number of carbonyl (C=O) groups excluding carboxylic acids is 1. The number of hydrogen-bond donors (Lipinski definition) is 1. The Bertz CT molecular complexity index is 806. The van der Waals surface area contributed by atoms with Crippen molar-refractivity contribution in [3.8, 4) is 0 Å². The SMILES string of the molecule is O=C(CCCc1ccccc1)N1CCCN(S(=O)(=O)c2cnc[nH]2)CC1. The molecule has 2 heterocycles. The number of hydrogen-bond acceptors (Lipinski definition) is 4. The molecule has 26 heavy (non-hydrogen) atoms. The Morgan fingerprint density at radius 3 is 2.65 bits per heavy atom. The fraction of sp³-hybridized carbons (Fsp3) is 0.444. The standard InChI is InChI=1S/C18H24N4O3S/c23-18(9-4-8-16-6-2-1-3-7-16)21-10-5-11-22(13-12-21)26(24,25)17-14-19-15-20-17/h1-3,6-7,14-15H,4-5,8-13H2,(H,19,20). The number of benzene rings is 1. The predicted octanol–water partition coefficient (Wildman–Crippen LogP) is 1.66. The van der Waals surface area contributed by atoms with Crippen LogP contribution in [0.15, 0.2) is 47.9 Å². The van der Waals surface area contributed by atoms with E-state index in [0.29, 0.717) is 39.0 Å². The number of aryl methyl sites for hydroxylation is 1. The van der Waals surface area contributed by atoms with E-state index in [1.165, 1.54) is 22.4 Å². The smallest absolute Gasteiger partial charge is 0.260 e. The van der Waals surface area contributed by atoms with Crippen LogP contribution in [0.5, 0.6) is 0 Å². The van der Waals surface area contributed by atoms with Crippen LogP contribution >= 0.6 is 0 Å². The molecule has 8 heteroatoms. The largest absolute Gasteiger partial charge is 0.341 e. The van der Waals surface area contributed by atoms with Crippen LogP contribution < -0.4 is 0 Å². The Morgan fingerprint density at radius 1 is 1.12 bits per heavy atom. The molecule has 1 aromatic heterocycles. The normalized spacial score (nSPS) is 16.4. The first-order valence-electron chi connectivity index (χ1n) is 8.87. The fourth-order valence-electron chi connectivity index (χ4n) is 3.15. The first kappa shape index (κ1) is 18.6. The van der Waals surface area contributed by atoms with E-state index in [2.05, 4.69) is 22.1 Å². The zero-order chi connectivity index (χ0) is 18.4. The van der Waals surface area contributed by atoms with Crippen molar-refractivity contribution in [2.45, 2.75) is 30.7 Å². The number of H-pyrrole nitrogens is 1. The summed E-state index contributed by atoms with van der Waals surface area (Å²) in [4.78, 5) is 20.7. The summed E-state index contributed by atoms with van der Waals surface area (Å²) < 4.78 is 26.5. The number of amides is 1. The molecule has 0 spiro atoms. The van der Waals surface area contributed by atoms with E-state index in [0.717, 1.165) is 12.8 Å². The zero-order valence-electron chi connectivity index (χ0n) is 14.7. The molecule has 0 radical (unpaired) electrons. The third-order valence-electron chi connectivity index (χ3n) is 4.60. The lowest BCUT2D eigenvalue weighted by atomic mass is 10.1. The molecule has 1 fully saturated rings. The average molecular weight is 376 g/mol. The zero-order valence-corrected chi connectivity index (χ0v) is 15.5. The highest BCUT2D eigenvalue weighted by Gasteiger charge is 2.28. The van der Waals surface area contributed by atoms with E-state index < -0.39 is 10.0 Å². The molecule has 1 amide bonds. The van der Waals surface area contributed by atoms with Gasteiger partial charge in [0.05, 0.1) is 12.5 Å². The Labute approximate surface area is 154 Å². The predicted molar refractivity (Wildman–Crippen MR) is 97.9 cm³/mol. The van der Waals surface area contributed by atoms with E-state index in [-0.39, 0.29) is 10.9 Å². The van der Waals surface area contributed by atoms with E-state index >= 15 is 0 Å². The first-order chi connectivity index (χ1) is 12.6. The van der Waals surface area contributed by atoms with Gasteiger partial charge in [-0.15, -0.1) is 0 Å². The molecule has 2 aromatic rings. The molecule has 3 rings (SSSR count). The summed E-state index contributed by atoms with van der Waals surface area (Å²) in [5.74, 6) is 0.0988. The molecule has 1 aliphatic heterocycles. The highest BCUT2D eigenvalue weighted by molar-refractivity contribution is 7.89. The second-order valence-corrected chi connectivity index (χ2v) is 8.30. The third kappa shape index (κ3) is 4.50. The van der Waals surface area contributed by atoms with Crippen LogP contribution in [-0.2, 0) is 21.2 Å². The van der Waals surface area contributed by atoms with Crippen LogP contribution in [0.3, 0.4) is 0 Å². The van der Waals surface area contributed by atoms with Crippen LogP contribution in [0.25, 0.3) is 0 Å². The van der Waals surface area contributed by atoms with Gasteiger partial charge in [0.15, 0.2) is 5.03 Å². The van der Waals surface area contributed by atoms with Crippen molar-refractivity contribution in [3.05, 3.63) is 48.4 Å². The molecule has 0 bridgehead atoms. The summed E-state index contributed by atoms with van der Waals surface area (Å²) in [6.45, 7) is 1.75. The second kappa shape index (κ2) is 8.46. The van der Waals surface area contributed by atoms with Gasteiger partial charge >= 0.3 is 0 Å². The summed E-state index contributed by atoms with van der Waals surface area (Å²) >= 11 is 0. The number of nitrogens with zero attached hydrogens (tertiary/aromatic N) is 3. The molecule has 1 aromatic carbocycles. The molecule has 0 atom stereocenters. The number of aromatic nitrogens is 2. The van der Waals surface area contributed by atoms with Crippen LogP contribution in [0.2, 0.25) is 0 Å². The van der Waals surface area contributed by atoms with Gasteiger partial charge in [-0.2, -0.15) is 4.31 Å². The lowest BCUT2D eigenvalue weighted by Gasteiger charge is -2.21. The molecule has 0 aliphatic carbocycles. The maximum atomic E-state index is 12.6. The van der Waals surface area contributed by atoms with Gasteiger partial charge in [-0.1, -0.05) is 30.3 Å². The van der Waals surface area contributed by atoms with Crippen LogP contribution in [0.1, 0.15) is 24.8 Å². The number of sulfonamides is 1. The number of aromatic amines is 1. The van der Waals surface area contributed by atoms with Crippen molar-refractivity contribution in [1.82, 2.24) is 19.2 Å². The number of rotatable bonds is 6. The minimum absolute atomic E-state index is 0.0973. The highest BCUT2D eigenvalue weighted by Crippen LogP contribution is 2.16. The number of imidazole rings is 1. The van der Waals surface area contributed by atoms with Gasteiger partial charge in [-0.05, 0) is 24.8 Å². The molecule has 0 saturated carbocycles. The number of carbonyl (C=O) groups is 1. The molecule has 1 aliphatic rings. The molecule has 0 unspecified atom stereocenters. The number of nitrogens with one attached hydrogen (secondary N) is 1. The Hall–Kier alpha value is -2.19. The molecule has 1 N–H and O–H groups in total. The van der Waals surface area contributed by atoms with Gasteiger partial charge < -0.3 is 9.88 Å². The van der Waals surface area contributed by atoms with Crippen LogP contribution in [0, 0.1) is 0 Å². The van der Waals surface area contributed by atoms with Crippen molar-refractivity contribution in [2.75, 3.05) is 26.2 Å². The van der Waals surface area contributed by atoms with Crippen molar-refractivity contribution in [1.29, 1.82) is 0 Å². The maximum absolute atomic E-state index is 12.6. The van der Waals surface area contributed by atoms with Crippen molar-refractivity contribution >= 4 is 15.9 Å².